The molecule has 2 fully saturated rings. The fourth-order valence-electron chi connectivity index (χ4n) is 3.98. The smallest absolute Gasteiger partial charge is 0.253 e. The molecule has 2 unspecified atom stereocenters. The molecule has 0 aromatic heterocycles. The SMILES string of the molecule is COc1ccc(C(=O)N2CCS(=O)CC2)cc1S(=O)(=O)N1CC(C)CC(C)C1. The molecule has 0 saturated carbocycles. The minimum atomic E-state index is -3.78. The minimum absolute atomic E-state index is 0.0303. The van der Waals surface area contributed by atoms with Crippen molar-refractivity contribution in [3.05, 3.63) is 23.8 Å². The molecule has 3 rings (SSSR count). The number of carbonyl (C=O) groups excluding carboxylic acids is 1. The summed E-state index contributed by atoms with van der Waals surface area (Å²) in [5.41, 5.74) is 0.310. The summed E-state index contributed by atoms with van der Waals surface area (Å²) in [5, 5.41) is 0. The molecule has 2 aliphatic rings. The standard InChI is InChI=1S/C19H28N2O5S2/c1-14-10-15(2)13-21(12-14)28(24,25)18-11-16(4-5-17(18)26-3)19(22)20-6-8-27(23)9-7-20/h4-5,11,14-15H,6-10,12-13H2,1-3H3. The molecule has 156 valence electrons. The molecule has 0 bridgehead atoms. The number of carbonyl (C=O) groups is 1. The van der Waals surface area contributed by atoms with Crippen LogP contribution in [-0.4, -0.2) is 72.5 Å². The number of piperidine rings is 1. The Balaban J connectivity index is 1.92. The van der Waals surface area contributed by atoms with Crippen molar-refractivity contribution in [1.82, 2.24) is 9.21 Å². The van der Waals surface area contributed by atoms with Crippen LogP contribution >= 0.6 is 0 Å². The van der Waals surface area contributed by atoms with Crippen molar-refractivity contribution >= 4 is 26.7 Å². The van der Waals surface area contributed by atoms with Gasteiger partial charge in [-0.15, -0.1) is 0 Å². The quantitative estimate of drug-likeness (QED) is 0.727. The number of methoxy groups -OCH3 is 1. The van der Waals surface area contributed by atoms with Gasteiger partial charge in [0, 0.05) is 54.0 Å². The number of sulfonamides is 1. The number of rotatable bonds is 4. The first kappa shape index (κ1) is 21.3. The van der Waals surface area contributed by atoms with E-state index >= 15 is 0 Å². The molecule has 9 heteroatoms. The summed E-state index contributed by atoms with van der Waals surface area (Å²) in [4.78, 5) is 14.5. The van der Waals surface area contributed by atoms with Crippen molar-refractivity contribution in [3.63, 3.8) is 0 Å². The van der Waals surface area contributed by atoms with Gasteiger partial charge in [-0.25, -0.2) is 8.42 Å². The number of hydrogen-bond donors (Lipinski definition) is 0. The minimum Gasteiger partial charge on any atom is -0.495 e. The highest BCUT2D eigenvalue weighted by atomic mass is 32.2. The lowest BCUT2D eigenvalue weighted by molar-refractivity contribution is 0.0771. The molecule has 1 aromatic rings. The van der Waals surface area contributed by atoms with Crippen molar-refractivity contribution in [3.8, 4) is 5.75 Å². The number of benzene rings is 1. The number of amides is 1. The maximum Gasteiger partial charge on any atom is 0.253 e. The highest BCUT2D eigenvalue weighted by Gasteiger charge is 2.34. The van der Waals surface area contributed by atoms with Gasteiger partial charge in [-0.2, -0.15) is 4.31 Å². The van der Waals surface area contributed by atoms with Gasteiger partial charge >= 0.3 is 0 Å². The molecular formula is C19H28N2O5S2. The zero-order chi connectivity index (χ0) is 20.5. The summed E-state index contributed by atoms with van der Waals surface area (Å²) >= 11 is 0. The van der Waals surface area contributed by atoms with E-state index in [1.165, 1.54) is 17.5 Å². The average molecular weight is 429 g/mol. The number of ether oxygens (including phenoxy) is 1. The summed E-state index contributed by atoms with van der Waals surface area (Å²) in [6, 6.07) is 4.55. The van der Waals surface area contributed by atoms with Crippen molar-refractivity contribution in [2.75, 3.05) is 44.8 Å². The van der Waals surface area contributed by atoms with Gasteiger partial charge in [-0.3, -0.25) is 9.00 Å². The maximum atomic E-state index is 13.3. The van der Waals surface area contributed by atoms with Gasteiger partial charge in [-0.05, 0) is 36.5 Å². The van der Waals surface area contributed by atoms with E-state index in [2.05, 4.69) is 13.8 Å². The highest BCUT2D eigenvalue weighted by Crippen LogP contribution is 2.32. The van der Waals surface area contributed by atoms with E-state index in [0.717, 1.165) is 6.42 Å². The van der Waals surface area contributed by atoms with Crippen molar-refractivity contribution in [2.45, 2.75) is 25.2 Å². The second-order valence-corrected chi connectivity index (χ2v) is 11.4. The normalized spacial score (nSPS) is 24.9. The zero-order valence-electron chi connectivity index (χ0n) is 16.6. The van der Waals surface area contributed by atoms with Crippen LogP contribution in [0.25, 0.3) is 0 Å². The second kappa shape index (κ2) is 8.51. The summed E-state index contributed by atoms with van der Waals surface area (Å²) < 4.78 is 45.0. The summed E-state index contributed by atoms with van der Waals surface area (Å²) in [6.07, 6.45) is 0.998. The van der Waals surface area contributed by atoms with Gasteiger partial charge < -0.3 is 9.64 Å². The van der Waals surface area contributed by atoms with Crippen LogP contribution in [0.4, 0.5) is 0 Å². The van der Waals surface area contributed by atoms with Crippen LogP contribution in [0, 0.1) is 11.8 Å². The molecule has 2 saturated heterocycles. The largest absolute Gasteiger partial charge is 0.495 e. The fourth-order valence-corrected chi connectivity index (χ4v) is 6.89. The Labute approximate surface area is 169 Å². The summed E-state index contributed by atoms with van der Waals surface area (Å²) in [6.45, 7) is 5.87. The molecule has 2 atom stereocenters. The zero-order valence-corrected chi connectivity index (χ0v) is 18.2. The highest BCUT2D eigenvalue weighted by molar-refractivity contribution is 7.89. The molecule has 7 nitrogen and oxygen atoms in total. The van der Waals surface area contributed by atoms with Gasteiger partial charge in [0.2, 0.25) is 10.0 Å². The van der Waals surface area contributed by atoms with Crippen molar-refractivity contribution < 1.29 is 22.2 Å². The van der Waals surface area contributed by atoms with Crippen LogP contribution in [0.15, 0.2) is 23.1 Å². The molecule has 0 N–H and O–H groups in total. The molecule has 28 heavy (non-hydrogen) atoms. The van der Waals surface area contributed by atoms with E-state index in [4.69, 9.17) is 4.74 Å². The van der Waals surface area contributed by atoms with Gasteiger partial charge in [-0.1, -0.05) is 13.8 Å². The predicted molar refractivity (Wildman–Crippen MR) is 108 cm³/mol. The molecule has 0 radical (unpaired) electrons. The molecule has 2 heterocycles. The Kier molecular flexibility index (Phi) is 6.46. The van der Waals surface area contributed by atoms with E-state index < -0.39 is 20.8 Å². The summed E-state index contributed by atoms with van der Waals surface area (Å²) in [7, 11) is -3.23. The van der Waals surface area contributed by atoms with Crippen LogP contribution in [0.5, 0.6) is 5.75 Å². The Hall–Kier alpha value is -1.45. The van der Waals surface area contributed by atoms with Crippen LogP contribution in [-0.2, 0) is 20.8 Å². The molecule has 0 aliphatic carbocycles. The summed E-state index contributed by atoms with van der Waals surface area (Å²) in [5.74, 6) is 1.47. The van der Waals surface area contributed by atoms with Gasteiger partial charge in [0.05, 0.1) is 7.11 Å². The lowest BCUT2D eigenvalue weighted by atomic mass is 9.94. The molecule has 0 spiro atoms. The fraction of sp³-hybridized carbons (Fsp3) is 0.632. The molecule has 2 aliphatic heterocycles. The van der Waals surface area contributed by atoms with E-state index in [0.29, 0.717) is 43.2 Å². The number of hydrogen-bond acceptors (Lipinski definition) is 5. The lowest BCUT2D eigenvalue weighted by Gasteiger charge is -2.34. The molecule has 1 aromatic carbocycles. The van der Waals surface area contributed by atoms with Crippen LogP contribution in [0.1, 0.15) is 30.6 Å². The van der Waals surface area contributed by atoms with E-state index in [-0.39, 0.29) is 28.4 Å². The van der Waals surface area contributed by atoms with E-state index in [9.17, 15) is 17.4 Å². The Morgan fingerprint density at radius 3 is 2.32 bits per heavy atom. The monoisotopic (exact) mass is 428 g/mol. The third kappa shape index (κ3) is 4.41. The first-order valence-corrected chi connectivity index (χ1v) is 12.5. The van der Waals surface area contributed by atoms with Gasteiger partial charge in [0.1, 0.15) is 10.6 Å². The van der Waals surface area contributed by atoms with Crippen LogP contribution in [0.3, 0.4) is 0 Å². The van der Waals surface area contributed by atoms with Crippen LogP contribution < -0.4 is 4.74 Å². The van der Waals surface area contributed by atoms with Crippen LogP contribution in [0.2, 0.25) is 0 Å². The third-order valence-corrected chi connectivity index (χ3v) is 8.46. The lowest BCUT2D eigenvalue weighted by Crippen LogP contribution is -2.43. The van der Waals surface area contributed by atoms with E-state index in [1.807, 2.05) is 0 Å². The Bertz CT molecular complexity index is 851. The predicted octanol–water partition coefficient (Wildman–Crippen LogP) is 1.57. The molecule has 1 amide bonds. The Morgan fingerprint density at radius 2 is 1.75 bits per heavy atom. The van der Waals surface area contributed by atoms with Crippen molar-refractivity contribution in [2.24, 2.45) is 11.8 Å². The first-order valence-electron chi connectivity index (χ1n) is 9.54. The third-order valence-electron chi connectivity index (χ3n) is 5.33. The van der Waals surface area contributed by atoms with Gasteiger partial charge in [0.25, 0.3) is 5.91 Å². The van der Waals surface area contributed by atoms with Gasteiger partial charge in [0.15, 0.2) is 0 Å². The maximum absolute atomic E-state index is 13.3. The Morgan fingerprint density at radius 1 is 1.14 bits per heavy atom. The second-order valence-electron chi connectivity index (χ2n) is 7.77. The van der Waals surface area contributed by atoms with Crippen molar-refractivity contribution in [1.29, 1.82) is 0 Å². The average Bonchev–Trinajstić information content (AvgIpc) is 2.66. The number of nitrogens with zero attached hydrogens (tertiary/aromatic N) is 2. The molecular weight excluding hydrogens is 400 g/mol. The first-order chi connectivity index (χ1) is 13.2. The topological polar surface area (TPSA) is 84.0 Å². The van der Waals surface area contributed by atoms with E-state index in [1.54, 1.807) is 17.0 Å².